The number of ether oxygens (including phenoxy) is 1. The summed E-state index contributed by atoms with van der Waals surface area (Å²) >= 11 is 7.63. The van der Waals surface area contributed by atoms with E-state index in [1.165, 1.54) is 0 Å². The van der Waals surface area contributed by atoms with Gasteiger partial charge in [0.15, 0.2) is 6.61 Å². The third-order valence-electron chi connectivity index (χ3n) is 4.04. The van der Waals surface area contributed by atoms with Gasteiger partial charge in [-0.05, 0) is 67.9 Å². The van der Waals surface area contributed by atoms with E-state index in [9.17, 15) is 4.79 Å². The number of hydrogen-bond acceptors (Lipinski definition) is 4. The average Bonchev–Trinajstić information content (AvgIpc) is 3.00. The van der Waals surface area contributed by atoms with Crippen LogP contribution in [-0.2, 0) is 10.5 Å². The van der Waals surface area contributed by atoms with Gasteiger partial charge in [0, 0.05) is 26.8 Å². The average molecular weight is 403 g/mol. The maximum Gasteiger partial charge on any atom is 0.341 e. The SMILES string of the molecule is Cc1cc(SCc2cc(-c3ccc(Cl)cc3)oc2C)ccc1OCC(=O)O. The van der Waals surface area contributed by atoms with Crippen LogP contribution in [0.3, 0.4) is 0 Å². The van der Waals surface area contributed by atoms with Crippen LogP contribution in [0.25, 0.3) is 11.3 Å². The highest BCUT2D eigenvalue weighted by Gasteiger charge is 2.11. The van der Waals surface area contributed by atoms with E-state index in [0.717, 1.165) is 38.9 Å². The largest absolute Gasteiger partial charge is 0.482 e. The van der Waals surface area contributed by atoms with Gasteiger partial charge in [-0.25, -0.2) is 4.79 Å². The number of rotatable bonds is 7. The van der Waals surface area contributed by atoms with E-state index < -0.39 is 5.97 Å². The lowest BCUT2D eigenvalue weighted by atomic mass is 10.1. The summed E-state index contributed by atoms with van der Waals surface area (Å²) in [7, 11) is 0. The van der Waals surface area contributed by atoms with E-state index in [-0.39, 0.29) is 6.61 Å². The molecule has 140 valence electrons. The summed E-state index contributed by atoms with van der Waals surface area (Å²) in [5.74, 6) is 2.10. The number of aryl methyl sites for hydroxylation is 2. The molecule has 1 aromatic heterocycles. The first-order chi connectivity index (χ1) is 12.9. The minimum absolute atomic E-state index is 0.338. The minimum atomic E-state index is -0.986. The van der Waals surface area contributed by atoms with Gasteiger partial charge in [-0.3, -0.25) is 0 Å². The Bertz CT molecular complexity index is 947. The lowest BCUT2D eigenvalue weighted by Gasteiger charge is -2.08. The molecule has 27 heavy (non-hydrogen) atoms. The van der Waals surface area contributed by atoms with Gasteiger partial charge in [-0.1, -0.05) is 11.6 Å². The van der Waals surface area contributed by atoms with E-state index in [4.69, 9.17) is 25.9 Å². The molecule has 3 rings (SSSR count). The van der Waals surface area contributed by atoms with E-state index in [0.29, 0.717) is 10.8 Å². The Morgan fingerprint density at radius 1 is 1.15 bits per heavy atom. The maximum absolute atomic E-state index is 10.6. The fourth-order valence-electron chi connectivity index (χ4n) is 2.59. The van der Waals surface area contributed by atoms with Crippen LogP contribution in [0.15, 0.2) is 57.8 Å². The fraction of sp³-hybridized carbons (Fsp3) is 0.190. The second-order valence-electron chi connectivity index (χ2n) is 6.10. The molecule has 0 unspecified atom stereocenters. The molecule has 0 amide bonds. The minimum Gasteiger partial charge on any atom is -0.482 e. The van der Waals surface area contributed by atoms with Gasteiger partial charge in [0.25, 0.3) is 0 Å². The zero-order valence-corrected chi connectivity index (χ0v) is 16.6. The molecule has 1 N–H and O–H groups in total. The second-order valence-corrected chi connectivity index (χ2v) is 7.58. The van der Waals surface area contributed by atoms with E-state index in [1.54, 1.807) is 11.8 Å². The number of aliphatic carboxylic acids is 1. The predicted molar refractivity (Wildman–Crippen MR) is 108 cm³/mol. The van der Waals surface area contributed by atoms with Crippen LogP contribution in [0.2, 0.25) is 5.02 Å². The predicted octanol–water partition coefficient (Wildman–Crippen LogP) is 5.97. The lowest BCUT2D eigenvalue weighted by molar-refractivity contribution is -0.139. The number of carboxylic acids is 1. The molecule has 6 heteroatoms. The van der Waals surface area contributed by atoms with Crippen molar-refractivity contribution < 1.29 is 19.1 Å². The van der Waals surface area contributed by atoms with Gasteiger partial charge in [0.1, 0.15) is 17.3 Å². The Labute approximate surface area is 167 Å². The summed E-state index contributed by atoms with van der Waals surface area (Å²) < 4.78 is 11.2. The molecule has 2 aromatic carbocycles. The summed E-state index contributed by atoms with van der Waals surface area (Å²) in [6.07, 6.45) is 0. The van der Waals surface area contributed by atoms with Gasteiger partial charge < -0.3 is 14.3 Å². The van der Waals surface area contributed by atoms with Crippen molar-refractivity contribution in [2.75, 3.05) is 6.61 Å². The highest BCUT2D eigenvalue weighted by atomic mass is 35.5. The Balaban J connectivity index is 1.67. The Kier molecular flexibility index (Phi) is 6.14. The monoisotopic (exact) mass is 402 g/mol. The lowest BCUT2D eigenvalue weighted by Crippen LogP contribution is -2.09. The van der Waals surface area contributed by atoms with Crippen molar-refractivity contribution in [3.8, 4) is 17.1 Å². The highest BCUT2D eigenvalue weighted by molar-refractivity contribution is 7.98. The summed E-state index contributed by atoms with van der Waals surface area (Å²) in [5.41, 5.74) is 3.04. The molecule has 0 radical (unpaired) electrons. The van der Waals surface area contributed by atoms with Gasteiger partial charge >= 0.3 is 5.97 Å². The first kappa shape index (κ1) is 19.4. The van der Waals surface area contributed by atoms with Crippen LogP contribution >= 0.6 is 23.4 Å². The number of furan rings is 1. The number of halogens is 1. The van der Waals surface area contributed by atoms with Crippen molar-refractivity contribution in [1.29, 1.82) is 0 Å². The first-order valence-electron chi connectivity index (χ1n) is 8.35. The standard InChI is InChI=1S/C21H19ClO4S/c1-13-9-18(7-8-19(13)25-11-21(23)24)27-12-16-10-20(26-14(16)2)15-3-5-17(22)6-4-15/h3-10H,11-12H2,1-2H3,(H,23,24). The molecule has 0 saturated heterocycles. The molecule has 0 aliphatic heterocycles. The molecule has 0 saturated carbocycles. The summed E-state index contributed by atoms with van der Waals surface area (Å²) in [5, 5.41) is 9.41. The van der Waals surface area contributed by atoms with Gasteiger partial charge in [0.05, 0.1) is 0 Å². The molecule has 0 bridgehead atoms. The van der Waals surface area contributed by atoms with E-state index >= 15 is 0 Å². The number of carbonyl (C=O) groups is 1. The molecular weight excluding hydrogens is 384 g/mol. The summed E-state index contributed by atoms with van der Waals surface area (Å²) in [6.45, 7) is 3.53. The van der Waals surface area contributed by atoms with Gasteiger partial charge in [0.2, 0.25) is 0 Å². The van der Waals surface area contributed by atoms with Gasteiger partial charge in [-0.15, -0.1) is 11.8 Å². The van der Waals surface area contributed by atoms with Crippen LogP contribution in [-0.4, -0.2) is 17.7 Å². The van der Waals surface area contributed by atoms with Gasteiger partial charge in [-0.2, -0.15) is 0 Å². The molecule has 3 aromatic rings. The molecule has 0 aliphatic rings. The van der Waals surface area contributed by atoms with Crippen LogP contribution in [0.4, 0.5) is 0 Å². The summed E-state index contributed by atoms with van der Waals surface area (Å²) in [6, 6.07) is 15.4. The van der Waals surface area contributed by atoms with E-state index in [1.807, 2.05) is 56.3 Å². The zero-order chi connectivity index (χ0) is 19.4. The third-order valence-corrected chi connectivity index (χ3v) is 5.34. The molecule has 0 aliphatic carbocycles. The highest BCUT2D eigenvalue weighted by Crippen LogP contribution is 2.32. The first-order valence-corrected chi connectivity index (χ1v) is 9.72. The number of benzene rings is 2. The molecule has 0 atom stereocenters. The van der Waals surface area contributed by atoms with Crippen molar-refractivity contribution in [1.82, 2.24) is 0 Å². The van der Waals surface area contributed by atoms with Crippen molar-refractivity contribution in [2.24, 2.45) is 0 Å². The van der Waals surface area contributed by atoms with Crippen LogP contribution in [0, 0.1) is 13.8 Å². The van der Waals surface area contributed by atoms with Crippen molar-refractivity contribution >= 4 is 29.3 Å². The third kappa shape index (κ3) is 5.08. The van der Waals surface area contributed by atoms with Crippen LogP contribution in [0.1, 0.15) is 16.9 Å². The maximum atomic E-state index is 10.6. The normalized spacial score (nSPS) is 10.8. The molecular formula is C21H19ClO4S. The quantitative estimate of drug-likeness (QED) is 0.493. The molecule has 1 heterocycles. The van der Waals surface area contributed by atoms with Crippen molar-refractivity contribution in [2.45, 2.75) is 24.5 Å². The number of carboxylic acid groups (broad SMARTS) is 1. The number of hydrogen-bond donors (Lipinski definition) is 1. The fourth-order valence-corrected chi connectivity index (χ4v) is 3.75. The Hall–Kier alpha value is -2.37. The van der Waals surface area contributed by atoms with Crippen molar-refractivity contribution in [3.05, 3.63) is 70.4 Å². The second kappa shape index (κ2) is 8.55. The van der Waals surface area contributed by atoms with Crippen LogP contribution < -0.4 is 4.74 Å². The van der Waals surface area contributed by atoms with E-state index in [2.05, 4.69) is 6.07 Å². The smallest absolute Gasteiger partial charge is 0.341 e. The summed E-state index contributed by atoms with van der Waals surface area (Å²) in [4.78, 5) is 11.7. The molecule has 0 fully saturated rings. The molecule has 4 nitrogen and oxygen atoms in total. The Morgan fingerprint density at radius 3 is 2.56 bits per heavy atom. The van der Waals surface area contributed by atoms with Crippen LogP contribution in [0.5, 0.6) is 5.75 Å². The molecule has 0 spiro atoms. The zero-order valence-electron chi connectivity index (χ0n) is 15.0. The van der Waals surface area contributed by atoms with Crippen molar-refractivity contribution in [3.63, 3.8) is 0 Å². The topological polar surface area (TPSA) is 59.7 Å². The number of thioether (sulfide) groups is 1. The Morgan fingerprint density at radius 2 is 1.89 bits per heavy atom.